The molecule has 2 heterocycles. The highest BCUT2D eigenvalue weighted by Gasteiger charge is 2.33. The van der Waals surface area contributed by atoms with Gasteiger partial charge >= 0.3 is 0 Å². The van der Waals surface area contributed by atoms with Crippen LogP contribution in [-0.2, 0) is 4.79 Å². The maximum atomic E-state index is 13.2. The second kappa shape index (κ2) is 9.57. The van der Waals surface area contributed by atoms with Crippen LogP contribution in [0.3, 0.4) is 0 Å². The predicted molar refractivity (Wildman–Crippen MR) is 136 cm³/mol. The quantitative estimate of drug-likeness (QED) is 0.354. The molecule has 4 rings (SSSR count). The van der Waals surface area contributed by atoms with Crippen LogP contribution < -0.4 is 0 Å². The Morgan fingerprint density at radius 1 is 1.00 bits per heavy atom. The van der Waals surface area contributed by atoms with Gasteiger partial charge in [0.05, 0.1) is 10.6 Å². The Kier molecular flexibility index (Phi) is 6.79. The van der Waals surface area contributed by atoms with Crippen LogP contribution in [-0.4, -0.2) is 27.1 Å². The number of amidine groups is 1. The standard InChI is InChI=1S/C25H23Cl2N3OS/c1-4-13-29-24(31)23(32-25(29)28-21-9-5-19(26)6-10-21)15-18-14-16(2)30(17(18)3)22-11-7-20(27)8-12-22/h5-12,14-15H,4,13H2,1-3H3/b23-15-,28-25?. The van der Waals surface area contributed by atoms with Crippen molar-refractivity contribution in [2.45, 2.75) is 27.2 Å². The lowest BCUT2D eigenvalue weighted by atomic mass is 10.2. The molecule has 0 spiro atoms. The third kappa shape index (κ3) is 4.65. The molecule has 0 unspecified atom stereocenters. The Labute approximate surface area is 202 Å². The number of hydrogen-bond donors (Lipinski definition) is 0. The van der Waals surface area contributed by atoms with Gasteiger partial charge in [0.25, 0.3) is 5.91 Å². The normalized spacial score (nSPS) is 16.5. The maximum Gasteiger partial charge on any atom is 0.266 e. The van der Waals surface area contributed by atoms with Crippen LogP contribution >= 0.6 is 35.0 Å². The van der Waals surface area contributed by atoms with Gasteiger partial charge in [-0.1, -0.05) is 30.1 Å². The minimum Gasteiger partial charge on any atom is -0.318 e. The molecule has 1 aromatic heterocycles. The van der Waals surface area contributed by atoms with Crippen LogP contribution in [0.15, 0.2) is 64.5 Å². The van der Waals surface area contributed by atoms with E-state index in [1.807, 2.05) is 42.5 Å². The van der Waals surface area contributed by atoms with Gasteiger partial charge in [-0.05, 0) is 98.3 Å². The number of carbonyl (C=O) groups is 1. The van der Waals surface area contributed by atoms with Crippen LogP contribution in [0.1, 0.15) is 30.3 Å². The van der Waals surface area contributed by atoms with E-state index < -0.39 is 0 Å². The van der Waals surface area contributed by atoms with Gasteiger partial charge in [-0.25, -0.2) is 4.99 Å². The Morgan fingerprint density at radius 2 is 1.62 bits per heavy atom. The summed E-state index contributed by atoms with van der Waals surface area (Å²) in [5, 5.41) is 2.05. The van der Waals surface area contributed by atoms with E-state index in [4.69, 9.17) is 28.2 Å². The summed E-state index contributed by atoms with van der Waals surface area (Å²) in [7, 11) is 0. The minimum absolute atomic E-state index is 0.0131. The first kappa shape index (κ1) is 22.7. The van der Waals surface area contributed by atoms with E-state index in [1.54, 1.807) is 17.0 Å². The molecular formula is C25H23Cl2N3OS. The number of halogens is 2. The van der Waals surface area contributed by atoms with E-state index in [9.17, 15) is 4.79 Å². The summed E-state index contributed by atoms with van der Waals surface area (Å²) >= 11 is 13.4. The van der Waals surface area contributed by atoms with Crippen molar-refractivity contribution in [3.05, 3.63) is 86.5 Å². The third-order valence-corrected chi connectivity index (χ3v) is 6.74. The van der Waals surface area contributed by atoms with E-state index in [-0.39, 0.29) is 5.91 Å². The Bertz CT molecular complexity index is 1210. The van der Waals surface area contributed by atoms with Gasteiger partial charge in [-0.15, -0.1) is 0 Å². The van der Waals surface area contributed by atoms with Crippen molar-refractivity contribution in [3.8, 4) is 5.69 Å². The molecule has 0 radical (unpaired) electrons. The molecule has 1 fully saturated rings. The lowest BCUT2D eigenvalue weighted by molar-refractivity contribution is -0.122. The summed E-state index contributed by atoms with van der Waals surface area (Å²) in [6.45, 7) is 6.80. The van der Waals surface area contributed by atoms with Crippen LogP contribution in [0.5, 0.6) is 0 Å². The number of amides is 1. The smallest absolute Gasteiger partial charge is 0.266 e. The molecule has 2 aromatic carbocycles. The van der Waals surface area contributed by atoms with Crippen LogP contribution in [0.4, 0.5) is 5.69 Å². The van der Waals surface area contributed by atoms with E-state index in [1.165, 1.54) is 11.8 Å². The van der Waals surface area contributed by atoms with Gasteiger partial charge in [0.1, 0.15) is 0 Å². The number of benzene rings is 2. The average molecular weight is 484 g/mol. The molecule has 0 atom stereocenters. The lowest BCUT2D eigenvalue weighted by Gasteiger charge is -2.13. The monoisotopic (exact) mass is 483 g/mol. The molecule has 0 N–H and O–H groups in total. The van der Waals surface area contributed by atoms with Gasteiger partial charge in [-0.2, -0.15) is 0 Å². The van der Waals surface area contributed by atoms with Crippen molar-refractivity contribution in [2.75, 3.05) is 6.54 Å². The van der Waals surface area contributed by atoms with Crippen molar-refractivity contribution in [1.82, 2.24) is 9.47 Å². The van der Waals surface area contributed by atoms with Crippen LogP contribution in [0, 0.1) is 13.8 Å². The fraction of sp³-hybridized carbons (Fsp3) is 0.200. The van der Waals surface area contributed by atoms with Crippen LogP contribution in [0.2, 0.25) is 10.0 Å². The molecule has 7 heteroatoms. The molecule has 32 heavy (non-hydrogen) atoms. The second-order valence-electron chi connectivity index (χ2n) is 7.58. The maximum absolute atomic E-state index is 13.2. The van der Waals surface area contributed by atoms with E-state index >= 15 is 0 Å². The average Bonchev–Trinajstić information content (AvgIpc) is 3.21. The number of aliphatic imine (C=N–C) groups is 1. The molecule has 1 saturated heterocycles. The number of aryl methyl sites for hydroxylation is 1. The summed E-state index contributed by atoms with van der Waals surface area (Å²) in [6.07, 6.45) is 2.82. The number of hydrogen-bond acceptors (Lipinski definition) is 3. The first-order valence-corrected chi connectivity index (χ1v) is 11.9. The molecule has 3 aromatic rings. The topological polar surface area (TPSA) is 37.6 Å². The SMILES string of the molecule is CCCN1C(=O)/C(=C/c2cc(C)n(-c3ccc(Cl)cc3)c2C)SC1=Nc1ccc(Cl)cc1. The fourth-order valence-corrected chi connectivity index (χ4v) is 4.97. The Morgan fingerprint density at radius 3 is 2.25 bits per heavy atom. The highest BCUT2D eigenvalue weighted by atomic mass is 35.5. The Hall–Kier alpha value is -2.47. The van der Waals surface area contributed by atoms with E-state index in [2.05, 4.69) is 31.4 Å². The van der Waals surface area contributed by atoms with Crippen molar-refractivity contribution < 1.29 is 4.79 Å². The van der Waals surface area contributed by atoms with Gasteiger partial charge in [-0.3, -0.25) is 9.69 Å². The predicted octanol–water partition coefficient (Wildman–Crippen LogP) is 7.41. The highest BCUT2D eigenvalue weighted by molar-refractivity contribution is 8.18. The van der Waals surface area contributed by atoms with E-state index in [0.29, 0.717) is 26.7 Å². The summed E-state index contributed by atoms with van der Waals surface area (Å²) in [6, 6.07) is 17.2. The zero-order valence-corrected chi connectivity index (χ0v) is 20.4. The minimum atomic E-state index is -0.0131. The zero-order chi connectivity index (χ0) is 22.8. The first-order valence-electron chi connectivity index (χ1n) is 10.4. The summed E-state index contributed by atoms with van der Waals surface area (Å²) in [5.74, 6) is -0.0131. The molecule has 164 valence electrons. The highest BCUT2D eigenvalue weighted by Crippen LogP contribution is 2.35. The molecule has 4 nitrogen and oxygen atoms in total. The van der Waals surface area contributed by atoms with Crippen molar-refractivity contribution in [2.24, 2.45) is 4.99 Å². The van der Waals surface area contributed by atoms with Crippen molar-refractivity contribution >= 4 is 57.8 Å². The Balaban J connectivity index is 1.69. The molecule has 0 aliphatic carbocycles. The number of nitrogens with zero attached hydrogens (tertiary/aromatic N) is 3. The largest absolute Gasteiger partial charge is 0.318 e. The summed E-state index contributed by atoms with van der Waals surface area (Å²) < 4.78 is 2.17. The van der Waals surface area contributed by atoms with Crippen molar-refractivity contribution in [1.29, 1.82) is 0 Å². The van der Waals surface area contributed by atoms with Gasteiger partial charge in [0, 0.05) is 33.7 Å². The molecule has 1 amide bonds. The number of thioether (sulfide) groups is 1. The van der Waals surface area contributed by atoms with Gasteiger partial charge < -0.3 is 4.57 Å². The van der Waals surface area contributed by atoms with Gasteiger partial charge in [0.15, 0.2) is 5.17 Å². The van der Waals surface area contributed by atoms with E-state index in [0.717, 1.165) is 34.7 Å². The molecule has 0 bridgehead atoms. The number of rotatable bonds is 5. The fourth-order valence-electron chi connectivity index (χ4n) is 3.70. The zero-order valence-electron chi connectivity index (χ0n) is 18.1. The lowest BCUT2D eigenvalue weighted by Crippen LogP contribution is -2.29. The van der Waals surface area contributed by atoms with Gasteiger partial charge in [0.2, 0.25) is 0 Å². The second-order valence-corrected chi connectivity index (χ2v) is 9.46. The number of aromatic nitrogens is 1. The summed E-state index contributed by atoms with van der Waals surface area (Å²) in [4.78, 5) is 20.3. The third-order valence-electron chi connectivity index (χ3n) is 5.23. The van der Waals surface area contributed by atoms with Crippen LogP contribution in [0.25, 0.3) is 11.8 Å². The van der Waals surface area contributed by atoms with Crippen molar-refractivity contribution in [3.63, 3.8) is 0 Å². The molecule has 0 saturated carbocycles. The molecule has 1 aliphatic heterocycles. The molecule has 1 aliphatic rings. The first-order chi connectivity index (χ1) is 15.4. The number of carbonyl (C=O) groups excluding carboxylic acids is 1. The summed E-state index contributed by atoms with van der Waals surface area (Å²) in [5.41, 5.74) is 4.98. The molecular weight excluding hydrogens is 461 g/mol.